The number of halogens is 3. The van der Waals surface area contributed by atoms with Gasteiger partial charge in [0, 0.05) is 45.9 Å². The summed E-state index contributed by atoms with van der Waals surface area (Å²) in [7, 11) is 0. The van der Waals surface area contributed by atoms with E-state index >= 15 is 0 Å². The van der Waals surface area contributed by atoms with E-state index in [4.69, 9.17) is 39.4 Å². The first kappa shape index (κ1) is 25.1. The van der Waals surface area contributed by atoms with Crippen molar-refractivity contribution < 1.29 is 23.4 Å². The van der Waals surface area contributed by atoms with Gasteiger partial charge in [0.05, 0.1) is 11.9 Å². The number of hydrogen-bond acceptors (Lipinski definition) is 6. The Hall–Kier alpha value is -2.58. The summed E-state index contributed by atoms with van der Waals surface area (Å²) in [5, 5.41) is 0.985. The van der Waals surface area contributed by atoms with Crippen molar-refractivity contribution in [1.29, 1.82) is 0 Å². The minimum atomic E-state index is -0.491. The summed E-state index contributed by atoms with van der Waals surface area (Å²) in [4.78, 5) is 23.1. The van der Waals surface area contributed by atoms with Gasteiger partial charge in [-0.1, -0.05) is 41.4 Å². The van der Waals surface area contributed by atoms with E-state index in [2.05, 4.69) is 9.97 Å². The SMILES string of the molecule is CC(Oc1nc(-c2ccc(C(=O)N3CC[C@H](N)C3)cc2)cnc1N)c1c(Cl)cccc1Cl.[Cl-].[H+]. The number of carbonyl (C=O) groups excluding carboxylic acids is 1. The Morgan fingerprint density at radius 3 is 2.48 bits per heavy atom. The fourth-order valence-corrected chi connectivity index (χ4v) is 4.38. The lowest BCUT2D eigenvalue weighted by Gasteiger charge is -2.18. The van der Waals surface area contributed by atoms with E-state index in [1.807, 2.05) is 19.1 Å². The standard InChI is InChI=1S/C23H23Cl2N5O2.ClH/c1-13(20-17(24)3-2-4-18(20)25)32-22-21(27)28-11-19(29-22)14-5-7-15(8-6-14)23(31)30-10-9-16(26)12-30;/h2-8,11,13,16H,9-10,12,26H2,1H3,(H2,27,28);1H/t13?,16-;/m0./s1. The van der Waals surface area contributed by atoms with Crippen LogP contribution < -0.4 is 28.6 Å². The smallest absolute Gasteiger partial charge is 1.00 e. The van der Waals surface area contributed by atoms with Gasteiger partial charge in [-0.3, -0.25) is 4.79 Å². The maximum atomic E-state index is 12.6. The van der Waals surface area contributed by atoms with Crippen molar-refractivity contribution in [3.05, 3.63) is 69.8 Å². The van der Waals surface area contributed by atoms with Crippen molar-refractivity contribution in [2.45, 2.75) is 25.5 Å². The molecule has 4 rings (SSSR count). The second-order valence-corrected chi connectivity index (χ2v) is 8.53. The van der Waals surface area contributed by atoms with E-state index in [1.165, 1.54) is 0 Å². The highest BCUT2D eigenvalue weighted by atomic mass is 35.5. The monoisotopic (exact) mass is 507 g/mol. The number of nitrogens with two attached hydrogens (primary N) is 2. The van der Waals surface area contributed by atoms with E-state index in [0.29, 0.717) is 40.0 Å². The molecule has 1 aromatic heterocycles. The van der Waals surface area contributed by atoms with E-state index in [9.17, 15) is 4.79 Å². The fourth-order valence-electron chi connectivity index (χ4n) is 3.67. The molecular weight excluding hydrogens is 485 g/mol. The molecule has 33 heavy (non-hydrogen) atoms. The molecule has 0 bridgehead atoms. The van der Waals surface area contributed by atoms with Crippen molar-refractivity contribution in [2.75, 3.05) is 18.8 Å². The van der Waals surface area contributed by atoms with Gasteiger partial charge in [-0.2, -0.15) is 0 Å². The predicted molar refractivity (Wildman–Crippen MR) is 127 cm³/mol. The molecule has 3 aromatic rings. The van der Waals surface area contributed by atoms with Crippen molar-refractivity contribution >= 4 is 34.9 Å². The van der Waals surface area contributed by atoms with Crippen LogP contribution in [-0.2, 0) is 0 Å². The average Bonchev–Trinajstić information content (AvgIpc) is 3.21. The molecule has 10 heteroatoms. The molecule has 1 unspecified atom stereocenters. The molecule has 4 N–H and O–H groups in total. The van der Waals surface area contributed by atoms with Gasteiger partial charge in [0.25, 0.3) is 11.8 Å². The highest BCUT2D eigenvalue weighted by Crippen LogP contribution is 2.34. The highest BCUT2D eigenvalue weighted by molar-refractivity contribution is 6.36. The van der Waals surface area contributed by atoms with Gasteiger partial charge in [-0.15, -0.1) is 0 Å². The number of nitrogens with zero attached hydrogens (tertiary/aromatic N) is 3. The largest absolute Gasteiger partial charge is 1.00 e. The molecule has 1 aliphatic heterocycles. The molecule has 2 aromatic carbocycles. The molecule has 1 fully saturated rings. The molecule has 0 saturated carbocycles. The zero-order chi connectivity index (χ0) is 22.8. The Morgan fingerprint density at radius 2 is 1.88 bits per heavy atom. The van der Waals surface area contributed by atoms with Crippen molar-refractivity contribution in [2.24, 2.45) is 5.73 Å². The zero-order valence-electron chi connectivity index (χ0n) is 18.8. The molecule has 0 spiro atoms. The number of amides is 1. The van der Waals surface area contributed by atoms with Crippen LogP contribution in [0.25, 0.3) is 11.3 Å². The molecule has 1 saturated heterocycles. The minimum Gasteiger partial charge on any atom is -1.00 e. The average molecular weight is 509 g/mol. The Labute approximate surface area is 209 Å². The molecule has 1 amide bonds. The van der Waals surface area contributed by atoms with E-state index < -0.39 is 6.10 Å². The number of aromatic nitrogens is 2. The summed E-state index contributed by atoms with van der Waals surface area (Å²) in [6.07, 6.45) is 1.90. The lowest BCUT2D eigenvalue weighted by molar-refractivity contribution is -0.0000167. The highest BCUT2D eigenvalue weighted by Gasteiger charge is 2.24. The lowest BCUT2D eigenvalue weighted by Crippen LogP contribution is -3.00. The van der Waals surface area contributed by atoms with Crippen molar-refractivity contribution in [3.8, 4) is 17.1 Å². The van der Waals surface area contributed by atoms with Crippen LogP contribution >= 0.6 is 23.2 Å². The summed E-state index contributed by atoms with van der Waals surface area (Å²) in [5.74, 6) is 0.306. The molecule has 1 aliphatic rings. The van der Waals surface area contributed by atoms with E-state index in [0.717, 1.165) is 12.0 Å². The quantitative estimate of drug-likeness (QED) is 0.540. The number of hydrogen-bond donors (Lipinski definition) is 2. The fraction of sp³-hybridized carbons (Fsp3) is 0.261. The number of benzene rings is 2. The van der Waals surface area contributed by atoms with E-state index in [-0.39, 0.29) is 37.5 Å². The molecule has 2 heterocycles. The van der Waals surface area contributed by atoms with Crippen LogP contribution in [0.1, 0.15) is 36.8 Å². The predicted octanol–water partition coefficient (Wildman–Crippen LogP) is 1.46. The second-order valence-electron chi connectivity index (χ2n) is 7.72. The first-order valence-electron chi connectivity index (χ1n) is 10.2. The number of nitrogen functional groups attached to an aromatic ring is 1. The molecule has 0 radical (unpaired) electrons. The third kappa shape index (κ3) is 5.50. The zero-order valence-corrected chi connectivity index (χ0v) is 20.1. The second kappa shape index (κ2) is 10.6. The van der Waals surface area contributed by atoms with Crippen LogP contribution in [0.2, 0.25) is 10.0 Å². The van der Waals surface area contributed by atoms with Crippen LogP contribution in [0.5, 0.6) is 5.88 Å². The topological polar surface area (TPSA) is 107 Å². The summed E-state index contributed by atoms with van der Waals surface area (Å²) in [6, 6.07) is 12.5. The summed E-state index contributed by atoms with van der Waals surface area (Å²) in [6.45, 7) is 3.07. The van der Waals surface area contributed by atoms with Gasteiger partial charge < -0.3 is 33.5 Å². The normalized spacial score (nSPS) is 16.2. The first-order valence-corrected chi connectivity index (χ1v) is 11.0. The van der Waals surface area contributed by atoms with Crippen LogP contribution in [0.3, 0.4) is 0 Å². The van der Waals surface area contributed by atoms with Gasteiger partial charge in [0.15, 0.2) is 5.82 Å². The number of likely N-dealkylation sites (tertiary alicyclic amines) is 1. The third-order valence-electron chi connectivity index (χ3n) is 5.40. The molecular formula is C23H24Cl3N5O2. The maximum Gasteiger partial charge on any atom is 1.00 e. The first-order chi connectivity index (χ1) is 15.3. The maximum absolute atomic E-state index is 12.6. The minimum absolute atomic E-state index is 0. The van der Waals surface area contributed by atoms with Gasteiger partial charge in [0.2, 0.25) is 0 Å². The van der Waals surface area contributed by atoms with Crippen molar-refractivity contribution in [1.82, 2.24) is 14.9 Å². The Kier molecular flexibility index (Phi) is 8.02. The van der Waals surface area contributed by atoms with Gasteiger partial charge >= 0.3 is 1.43 Å². The van der Waals surface area contributed by atoms with Gasteiger partial charge in [0.1, 0.15) is 6.10 Å². The summed E-state index contributed by atoms with van der Waals surface area (Å²) in [5.41, 5.74) is 14.5. The van der Waals surface area contributed by atoms with Crippen LogP contribution in [0.15, 0.2) is 48.7 Å². The molecule has 174 valence electrons. The van der Waals surface area contributed by atoms with Gasteiger partial charge in [-0.25, -0.2) is 9.97 Å². The Balaban J connectivity index is 0.00000204. The number of carbonyl (C=O) groups is 1. The van der Waals surface area contributed by atoms with Crippen LogP contribution in [0.4, 0.5) is 5.82 Å². The van der Waals surface area contributed by atoms with Crippen LogP contribution in [0, 0.1) is 0 Å². The van der Waals surface area contributed by atoms with E-state index in [1.54, 1.807) is 41.4 Å². The molecule has 2 atom stereocenters. The van der Waals surface area contributed by atoms with Crippen LogP contribution in [-0.4, -0.2) is 39.9 Å². The summed E-state index contributed by atoms with van der Waals surface area (Å²) < 4.78 is 5.95. The molecule has 0 aliphatic carbocycles. The summed E-state index contributed by atoms with van der Waals surface area (Å²) >= 11 is 12.6. The lowest BCUT2D eigenvalue weighted by atomic mass is 10.1. The molecule has 7 nitrogen and oxygen atoms in total. The van der Waals surface area contributed by atoms with Gasteiger partial charge in [-0.05, 0) is 37.6 Å². The number of anilines is 1. The number of ether oxygens (including phenoxy) is 1. The van der Waals surface area contributed by atoms with Crippen molar-refractivity contribution in [3.63, 3.8) is 0 Å². The Morgan fingerprint density at radius 1 is 1.21 bits per heavy atom. The number of rotatable bonds is 5. The third-order valence-corrected chi connectivity index (χ3v) is 6.06. The Bertz CT molecular complexity index is 1130.